The summed E-state index contributed by atoms with van der Waals surface area (Å²) >= 11 is 0. The Balaban J connectivity index is 1.72. The maximum Gasteiger partial charge on any atom is 0.142 e. The zero-order valence-electron chi connectivity index (χ0n) is 17.9. The molecular formula is C24H28N2O3. The van der Waals surface area contributed by atoms with E-state index < -0.39 is 11.7 Å². The highest BCUT2D eigenvalue weighted by atomic mass is 16.5. The van der Waals surface area contributed by atoms with Crippen molar-refractivity contribution in [2.45, 2.75) is 46.3 Å². The summed E-state index contributed by atoms with van der Waals surface area (Å²) in [6, 6.07) is 7.92. The molecule has 0 saturated carbocycles. The molecule has 4 rings (SSSR count). The highest BCUT2D eigenvalue weighted by Gasteiger charge is 2.43. The molecule has 2 heterocycles. The van der Waals surface area contributed by atoms with Crippen LogP contribution in [0.15, 0.2) is 49.1 Å². The van der Waals surface area contributed by atoms with Gasteiger partial charge >= 0.3 is 0 Å². The van der Waals surface area contributed by atoms with Gasteiger partial charge in [-0.2, -0.15) is 0 Å². The van der Waals surface area contributed by atoms with Crippen LogP contribution in [0.4, 0.5) is 11.4 Å². The summed E-state index contributed by atoms with van der Waals surface area (Å²) in [5, 5.41) is 10.9. The van der Waals surface area contributed by atoms with Gasteiger partial charge in [-0.05, 0) is 63.4 Å². The Morgan fingerprint density at radius 2 is 1.55 bits per heavy atom. The van der Waals surface area contributed by atoms with Crippen molar-refractivity contribution in [3.63, 3.8) is 0 Å². The number of hydrogen-bond acceptors (Lipinski definition) is 5. The van der Waals surface area contributed by atoms with Gasteiger partial charge in [-0.15, -0.1) is 0 Å². The number of benzene rings is 2. The number of fused-ring (bicyclic) bond motifs is 1. The lowest BCUT2D eigenvalue weighted by molar-refractivity contribution is 0.000147. The molecule has 0 fully saturated rings. The molecule has 0 spiro atoms. The number of ether oxygens (including phenoxy) is 2. The SMILES string of the molecule is COc1ccccc1N1C=CN(c2c(C)c(C)c3c(c2C)C(O)C(C)(C)O3)C=C1. The Bertz CT molecular complexity index is 1010. The minimum Gasteiger partial charge on any atom is -0.495 e. The van der Waals surface area contributed by atoms with Gasteiger partial charge in [-0.25, -0.2) is 0 Å². The molecule has 0 radical (unpaired) electrons. The van der Waals surface area contributed by atoms with E-state index >= 15 is 0 Å². The summed E-state index contributed by atoms with van der Waals surface area (Å²) in [7, 11) is 1.68. The van der Waals surface area contributed by atoms with E-state index in [4.69, 9.17) is 9.47 Å². The topological polar surface area (TPSA) is 45.2 Å². The first-order valence-corrected chi connectivity index (χ1v) is 9.83. The Hall–Kier alpha value is -2.92. The van der Waals surface area contributed by atoms with E-state index in [1.54, 1.807) is 7.11 Å². The Morgan fingerprint density at radius 1 is 0.931 bits per heavy atom. The van der Waals surface area contributed by atoms with Crippen LogP contribution in [-0.2, 0) is 0 Å². The molecule has 1 N–H and O–H groups in total. The number of aliphatic hydroxyl groups is 1. The quantitative estimate of drug-likeness (QED) is 0.788. The van der Waals surface area contributed by atoms with Gasteiger partial charge in [0, 0.05) is 30.4 Å². The molecule has 2 aliphatic heterocycles. The largest absolute Gasteiger partial charge is 0.495 e. The van der Waals surface area contributed by atoms with E-state index in [1.165, 1.54) is 0 Å². The molecule has 2 aliphatic rings. The van der Waals surface area contributed by atoms with Gasteiger partial charge < -0.3 is 24.4 Å². The fraction of sp³-hybridized carbons (Fsp3) is 0.333. The lowest BCUT2D eigenvalue weighted by Crippen LogP contribution is -2.30. The Kier molecular flexibility index (Phi) is 4.58. The molecule has 2 aromatic rings. The van der Waals surface area contributed by atoms with Gasteiger partial charge in [0.1, 0.15) is 23.2 Å². The zero-order valence-corrected chi connectivity index (χ0v) is 17.9. The average Bonchev–Trinajstić information content (AvgIpc) is 2.96. The summed E-state index contributed by atoms with van der Waals surface area (Å²) in [6.07, 6.45) is 7.42. The molecule has 1 unspecified atom stereocenters. The van der Waals surface area contributed by atoms with Crippen molar-refractivity contribution in [2.24, 2.45) is 0 Å². The van der Waals surface area contributed by atoms with Crippen molar-refractivity contribution >= 4 is 11.4 Å². The Morgan fingerprint density at radius 3 is 2.21 bits per heavy atom. The van der Waals surface area contributed by atoms with E-state index in [0.29, 0.717) is 0 Å². The molecule has 0 saturated heterocycles. The number of anilines is 2. The molecule has 29 heavy (non-hydrogen) atoms. The third-order valence-electron chi connectivity index (χ3n) is 5.96. The number of nitrogens with zero attached hydrogens (tertiary/aromatic N) is 2. The van der Waals surface area contributed by atoms with Gasteiger partial charge in [0.05, 0.1) is 18.5 Å². The van der Waals surface area contributed by atoms with Crippen molar-refractivity contribution in [3.8, 4) is 11.5 Å². The van der Waals surface area contributed by atoms with Crippen LogP contribution in [0.5, 0.6) is 11.5 Å². The van der Waals surface area contributed by atoms with Crippen molar-refractivity contribution in [1.29, 1.82) is 0 Å². The molecule has 2 aromatic carbocycles. The predicted octanol–water partition coefficient (Wildman–Crippen LogP) is 5.09. The van der Waals surface area contributed by atoms with Gasteiger partial charge in [0.25, 0.3) is 0 Å². The Labute approximate surface area is 172 Å². The third kappa shape index (κ3) is 2.97. The van der Waals surface area contributed by atoms with Gasteiger partial charge in [0.15, 0.2) is 0 Å². The summed E-state index contributed by atoms with van der Waals surface area (Å²) in [6.45, 7) is 10.1. The standard InChI is InChI=1S/C24H28N2O3/c1-15-16(2)22-20(23(27)24(4,5)29-22)17(3)21(15)26-13-11-25(12-14-26)18-9-7-8-10-19(18)28-6/h7-14,23,27H,1-6H3. The van der Waals surface area contributed by atoms with E-state index in [0.717, 1.165) is 45.1 Å². The van der Waals surface area contributed by atoms with Gasteiger partial charge in [0.2, 0.25) is 0 Å². The third-order valence-corrected chi connectivity index (χ3v) is 5.96. The van der Waals surface area contributed by atoms with Crippen LogP contribution in [0.1, 0.15) is 42.2 Å². The summed E-state index contributed by atoms with van der Waals surface area (Å²) in [4.78, 5) is 4.13. The molecular weight excluding hydrogens is 364 g/mol. The normalized spacial score (nSPS) is 19.3. The van der Waals surface area contributed by atoms with Crippen LogP contribution in [0.25, 0.3) is 0 Å². The zero-order chi connectivity index (χ0) is 20.9. The lowest BCUT2D eigenvalue weighted by Gasteiger charge is -2.29. The minimum atomic E-state index is -0.654. The maximum atomic E-state index is 10.9. The fourth-order valence-corrected chi connectivity index (χ4v) is 4.18. The van der Waals surface area contributed by atoms with Crippen molar-refractivity contribution in [3.05, 3.63) is 71.3 Å². The van der Waals surface area contributed by atoms with E-state index in [2.05, 4.69) is 25.7 Å². The van der Waals surface area contributed by atoms with Crippen molar-refractivity contribution in [2.75, 3.05) is 16.9 Å². The molecule has 5 heteroatoms. The second-order valence-electron chi connectivity index (χ2n) is 8.16. The maximum absolute atomic E-state index is 10.9. The van der Waals surface area contributed by atoms with Crippen LogP contribution >= 0.6 is 0 Å². The highest BCUT2D eigenvalue weighted by molar-refractivity contribution is 5.74. The van der Waals surface area contributed by atoms with Gasteiger partial charge in [-0.1, -0.05) is 12.1 Å². The summed E-state index contributed by atoms with van der Waals surface area (Å²) in [5.41, 5.74) is 5.57. The lowest BCUT2D eigenvalue weighted by atomic mass is 9.90. The van der Waals surface area contributed by atoms with E-state index in [1.807, 2.05) is 67.8 Å². The first-order valence-electron chi connectivity index (χ1n) is 9.83. The monoisotopic (exact) mass is 392 g/mol. The van der Waals surface area contributed by atoms with Gasteiger partial charge in [-0.3, -0.25) is 0 Å². The van der Waals surface area contributed by atoms with Crippen LogP contribution in [0, 0.1) is 20.8 Å². The molecule has 0 amide bonds. The smallest absolute Gasteiger partial charge is 0.142 e. The molecule has 0 bridgehead atoms. The first kappa shape index (κ1) is 19.4. The van der Waals surface area contributed by atoms with Crippen molar-refractivity contribution < 1.29 is 14.6 Å². The fourth-order valence-electron chi connectivity index (χ4n) is 4.18. The second kappa shape index (κ2) is 6.85. The van der Waals surface area contributed by atoms with Crippen LogP contribution in [-0.4, -0.2) is 17.8 Å². The van der Waals surface area contributed by atoms with E-state index in [9.17, 15) is 5.11 Å². The van der Waals surface area contributed by atoms with Crippen LogP contribution in [0.2, 0.25) is 0 Å². The number of aliphatic hydroxyl groups excluding tert-OH is 1. The minimum absolute atomic E-state index is 0.628. The summed E-state index contributed by atoms with van der Waals surface area (Å²) < 4.78 is 11.6. The molecule has 5 nitrogen and oxygen atoms in total. The number of methoxy groups -OCH3 is 1. The number of hydrogen-bond donors (Lipinski definition) is 1. The van der Waals surface area contributed by atoms with Crippen LogP contribution < -0.4 is 19.3 Å². The first-order chi connectivity index (χ1) is 13.8. The number of rotatable bonds is 3. The molecule has 0 aromatic heterocycles. The molecule has 152 valence electrons. The van der Waals surface area contributed by atoms with Crippen molar-refractivity contribution in [1.82, 2.24) is 0 Å². The van der Waals surface area contributed by atoms with E-state index in [-0.39, 0.29) is 0 Å². The van der Waals surface area contributed by atoms with Crippen LogP contribution in [0.3, 0.4) is 0 Å². The number of para-hydroxylation sites is 2. The molecule has 0 aliphatic carbocycles. The summed E-state index contributed by atoms with van der Waals surface area (Å²) in [5.74, 6) is 1.64. The highest BCUT2D eigenvalue weighted by Crippen LogP contribution is 2.50. The predicted molar refractivity (Wildman–Crippen MR) is 117 cm³/mol. The average molecular weight is 392 g/mol. The second-order valence-corrected chi connectivity index (χ2v) is 8.16. The molecule has 1 atom stereocenters.